The summed E-state index contributed by atoms with van der Waals surface area (Å²) in [5.41, 5.74) is 1.91. The molecule has 0 aliphatic heterocycles. The summed E-state index contributed by atoms with van der Waals surface area (Å²) >= 11 is 8.88. The van der Waals surface area contributed by atoms with Gasteiger partial charge in [0.05, 0.1) is 12.8 Å². The van der Waals surface area contributed by atoms with Gasteiger partial charge in [0, 0.05) is 10.5 Å². The van der Waals surface area contributed by atoms with Gasteiger partial charge in [-0.1, -0.05) is 60.7 Å². The van der Waals surface area contributed by atoms with Crippen LogP contribution in [0.1, 0.15) is 41.4 Å². The molecule has 0 aliphatic carbocycles. The molecule has 0 radical (unpaired) electrons. The van der Waals surface area contributed by atoms with E-state index in [-0.39, 0.29) is 41.9 Å². The molecular formula is C21H24O4S2. The summed E-state index contributed by atoms with van der Waals surface area (Å²) in [4.78, 5) is 24.0. The van der Waals surface area contributed by atoms with Gasteiger partial charge in [-0.15, -0.1) is 0 Å². The minimum atomic E-state index is -0.521. The number of hydrogen-bond acceptors (Lipinski definition) is 6. The lowest BCUT2D eigenvalue weighted by Gasteiger charge is -2.16. The van der Waals surface area contributed by atoms with E-state index in [0.29, 0.717) is 0 Å². The fourth-order valence-corrected chi connectivity index (χ4v) is 3.12. The van der Waals surface area contributed by atoms with E-state index in [2.05, 4.69) is 25.3 Å². The summed E-state index contributed by atoms with van der Waals surface area (Å²) in [6.07, 6.45) is -0.216. The van der Waals surface area contributed by atoms with Crippen LogP contribution in [0, 0.1) is 0 Å². The average Bonchev–Trinajstić information content (AvgIpc) is 2.67. The zero-order valence-electron chi connectivity index (χ0n) is 15.2. The van der Waals surface area contributed by atoms with Gasteiger partial charge in [-0.3, -0.25) is 9.59 Å². The van der Waals surface area contributed by atoms with Crippen molar-refractivity contribution in [3.8, 4) is 0 Å². The van der Waals surface area contributed by atoms with Crippen molar-refractivity contribution < 1.29 is 19.1 Å². The lowest BCUT2D eigenvalue weighted by Crippen LogP contribution is -2.23. The molecule has 0 heterocycles. The Kier molecular flexibility index (Phi) is 8.75. The molecule has 0 aliphatic rings. The third kappa shape index (κ3) is 7.69. The Bertz CT molecular complexity index is 721. The second-order valence-electron chi connectivity index (χ2n) is 6.24. The van der Waals surface area contributed by atoms with E-state index in [1.54, 1.807) is 6.92 Å². The molecule has 2 rings (SSSR count). The molecule has 0 amide bonds. The van der Waals surface area contributed by atoms with Gasteiger partial charge < -0.3 is 9.47 Å². The molecule has 0 saturated heterocycles. The molecule has 2 aromatic rings. The SMILES string of the molecule is CC(COC(=O)CC(S)c1ccccc1)OC(=O)CC(S)c1ccccc1. The van der Waals surface area contributed by atoms with E-state index in [0.717, 1.165) is 11.1 Å². The maximum Gasteiger partial charge on any atom is 0.307 e. The van der Waals surface area contributed by atoms with Crippen LogP contribution in [0.5, 0.6) is 0 Å². The van der Waals surface area contributed by atoms with Crippen LogP contribution in [0.4, 0.5) is 0 Å². The van der Waals surface area contributed by atoms with Gasteiger partial charge in [0.25, 0.3) is 0 Å². The van der Waals surface area contributed by atoms with Crippen LogP contribution in [0.2, 0.25) is 0 Å². The first-order valence-corrected chi connectivity index (χ1v) is 9.80. The van der Waals surface area contributed by atoms with Crippen LogP contribution >= 0.6 is 25.3 Å². The molecule has 6 heteroatoms. The van der Waals surface area contributed by atoms with Gasteiger partial charge in [0.1, 0.15) is 12.7 Å². The van der Waals surface area contributed by atoms with Crippen LogP contribution in [-0.4, -0.2) is 24.6 Å². The van der Waals surface area contributed by atoms with Crippen molar-refractivity contribution in [3.05, 3.63) is 71.8 Å². The summed E-state index contributed by atoms with van der Waals surface area (Å²) < 4.78 is 10.5. The molecule has 3 unspecified atom stereocenters. The summed E-state index contributed by atoms with van der Waals surface area (Å²) in [5, 5.41) is -0.461. The smallest absolute Gasteiger partial charge is 0.307 e. The molecule has 0 aromatic heterocycles. The maximum atomic E-state index is 12.0. The van der Waals surface area contributed by atoms with Crippen molar-refractivity contribution in [2.75, 3.05) is 6.61 Å². The molecule has 2 aromatic carbocycles. The lowest BCUT2D eigenvalue weighted by molar-refractivity contribution is -0.158. The molecular weight excluding hydrogens is 380 g/mol. The van der Waals surface area contributed by atoms with E-state index in [9.17, 15) is 9.59 Å². The standard InChI is InChI=1S/C21H24O4S2/c1-15(25-21(23)13-19(27)17-10-6-3-7-11-17)14-24-20(22)12-18(26)16-8-4-2-5-9-16/h2-11,15,18-19,26-27H,12-14H2,1H3. The lowest BCUT2D eigenvalue weighted by atomic mass is 10.1. The molecule has 0 saturated carbocycles. The van der Waals surface area contributed by atoms with E-state index in [4.69, 9.17) is 9.47 Å². The highest BCUT2D eigenvalue weighted by Gasteiger charge is 2.18. The topological polar surface area (TPSA) is 52.6 Å². The molecule has 0 spiro atoms. The number of benzene rings is 2. The van der Waals surface area contributed by atoms with Gasteiger partial charge in [0.15, 0.2) is 0 Å². The Labute approximate surface area is 171 Å². The fourth-order valence-electron chi connectivity index (χ4n) is 2.48. The van der Waals surface area contributed by atoms with Crippen LogP contribution in [-0.2, 0) is 19.1 Å². The van der Waals surface area contributed by atoms with Gasteiger partial charge >= 0.3 is 11.9 Å². The first kappa shape index (κ1) is 21.4. The van der Waals surface area contributed by atoms with Crippen molar-refractivity contribution in [3.63, 3.8) is 0 Å². The second-order valence-corrected chi connectivity index (χ2v) is 7.49. The summed E-state index contributed by atoms with van der Waals surface area (Å²) in [7, 11) is 0. The van der Waals surface area contributed by atoms with Crippen molar-refractivity contribution >= 4 is 37.2 Å². The van der Waals surface area contributed by atoms with Gasteiger partial charge in [-0.05, 0) is 18.1 Å². The Hall–Kier alpha value is -1.92. The zero-order chi connectivity index (χ0) is 19.6. The second kappa shape index (κ2) is 11.0. The predicted octanol–water partition coefficient (Wildman–Crippen LogP) is 4.58. The zero-order valence-corrected chi connectivity index (χ0v) is 16.9. The molecule has 27 heavy (non-hydrogen) atoms. The molecule has 0 N–H and O–H groups in total. The van der Waals surface area contributed by atoms with Crippen LogP contribution in [0.3, 0.4) is 0 Å². The Balaban J connectivity index is 1.69. The molecule has 0 fully saturated rings. The number of ether oxygens (including phenoxy) is 2. The highest BCUT2D eigenvalue weighted by molar-refractivity contribution is 7.80. The van der Waals surface area contributed by atoms with Crippen molar-refractivity contribution in [2.45, 2.75) is 36.4 Å². The maximum absolute atomic E-state index is 12.0. The van der Waals surface area contributed by atoms with Crippen LogP contribution in [0.15, 0.2) is 60.7 Å². The largest absolute Gasteiger partial charge is 0.462 e. The van der Waals surface area contributed by atoms with E-state index in [1.165, 1.54) is 0 Å². The predicted molar refractivity (Wildman–Crippen MR) is 112 cm³/mol. The Morgan fingerprint density at radius 1 is 0.815 bits per heavy atom. The first-order chi connectivity index (χ1) is 13.0. The average molecular weight is 405 g/mol. The monoisotopic (exact) mass is 404 g/mol. The minimum Gasteiger partial charge on any atom is -0.462 e. The number of carbonyl (C=O) groups is 2. The van der Waals surface area contributed by atoms with Gasteiger partial charge in [-0.2, -0.15) is 25.3 Å². The third-order valence-electron chi connectivity index (χ3n) is 3.90. The highest BCUT2D eigenvalue weighted by Crippen LogP contribution is 2.25. The fraction of sp³-hybridized carbons (Fsp3) is 0.333. The van der Waals surface area contributed by atoms with Gasteiger partial charge in [-0.25, -0.2) is 0 Å². The summed E-state index contributed by atoms with van der Waals surface area (Å²) in [6, 6.07) is 19.1. The molecule has 3 atom stereocenters. The van der Waals surface area contributed by atoms with Crippen LogP contribution in [0.25, 0.3) is 0 Å². The number of thiol groups is 2. The summed E-state index contributed by atoms with van der Waals surface area (Å²) in [5.74, 6) is -0.753. The minimum absolute atomic E-state index is 0.0163. The Morgan fingerprint density at radius 3 is 1.74 bits per heavy atom. The first-order valence-electron chi connectivity index (χ1n) is 8.77. The summed E-state index contributed by atoms with van der Waals surface area (Å²) in [6.45, 7) is 1.71. The van der Waals surface area contributed by atoms with Gasteiger partial charge in [0.2, 0.25) is 0 Å². The van der Waals surface area contributed by atoms with Crippen molar-refractivity contribution in [2.24, 2.45) is 0 Å². The highest BCUT2D eigenvalue weighted by atomic mass is 32.1. The van der Waals surface area contributed by atoms with Crippen LogP contribution < -0.4 is 0 Å². The quantitative estimate of drug-likeness (QED) is 0.474. The number of hydrogen-bond donors (Lipinski definition) is 2. The number of esters is 2. The van der Waals surface area contributed by atoms with E-state index >= 15 is 0 Å². The van der Waals surface area contributed by atoms with Crippen molar-refractivity contribution in [1.82, 2.24) is 0 Å². The number of rotatable bonds is 9. The Morgan fingerprint density at radius 2 is 1.26 bits per heavy atom. The third-order valence-corrected chi connectivity index (χ3v) is 4.86. The molecule has 4 nitrogen and oxygen atoms in total. The van der Waals surface area contributed by atoms with E-state index in [1.807, 2.05) is 60.7 Å². The van der Waals surface area contributed by atoms with E-state index < -0.39 is 6.10 Å². The normalized spacial score (nSPS) is 14.0. The molecule has 0 bridgehead atoms. The number of carbonyl (C=O) groups excluding carboxylic acids is 2. The van der Waals surface area contributed by atoms with Crippen molar-refractivity contribution in [1.29, 1.82) is 0 Å². The molecule has 144 valence electrons.